The summed E-state index contributed by atoms with van der Waals surface area (Å²) in [5.41, 5.74) is 4.02. The Morgan fingerprint density at radius 2 is 1.33 bits per heavy atom. The molecule has 0 aromatic rings. The van der Waals surface area contributed by atoms with Gasteiger partial charge in [-0.15, -0.1) is 9.79 Å². The average Bonchev–Trinajstić information content (AvgIpc) is 1.56. The molecule has 0 unspecified atom stereocenters. The summed E-state index contributed by atoms with van der Waals surface area (Å²) in [6.45, 7) is 0. The second kappa shape index (κ2) is 11.2. The Kier molecular flexibility index (Phi) is 16.9. The lowest BCUT2D eigenvalue weighted by Crippen LogP contribution is -1.87. The molecule has 0 aromatic heterocycles. The van der Waals surface area contributed by atoms with E-state index in [-0.39, 0.29) is 0 Å². The van der Waals surface area contributed by atoms with Gasteiger partial charge in [0.05, 0.1) is 0 Å². The van der Waals surface area contributed by atoms with Crippen LogP contribution in [0.2, 0.25) is 0 Å². The van der Waals surface area contributed by atoms with E-state index < -0.39 is 24.7 Å². The second-order valence-corrected chi connectivity index (χ2v) is 2.77. The van der Waals surface area contributed by atoms with Crippen LogP contribution in [0.15, 0.2) is 0 Å². The fraction of sp³-hybridized carbons (Fsp3) is 0. The van der Waals surface area contributed by atoms with Crippen LogP contribution in [0.1, 0.15) is 0 Å². The molecule has 0 rings (SSSR count). The summed E-state index contributed by atoms with van der Waals surface area (Å²) in [5, 5.41) is 0. The highest BCUT2D eigenvalue weighted by molar-refractivity contribution is 7.49. The molecule has 0 radical (unpaired) electrons. The van der Waals surface area contributed by atoms with Gasteiger partial charge in [-0.2, -0.15) is 0 Å². The summed E-state index contributed by atoms with van der Waals surface area (Å²) in [6.07, 6.45) is 0. The van der Waals surface area contributed by atoms with Crippen molar-refractivity contribution in [2.75, 3.05) is 0 Å². The zero-order valence-electron chi connectivity index (χ0n) is 5.38. The summed E-state index contributed by atoms with van der Waals surface area (Å²) < 4.78 is 26.3. The van der Waals surface area contributed by atoms with Gasteiger partial charge in [-0.25, -0.2) is 14.6 Å². The van der Waals surface area contributed by atoms with Crippen molar-refractivity contribution in [1.29, 1.82) is 0 Å². The summed E-state index contributed by atoms with van der Waals surface area (Å²) >= 11 is 0. The van der Waals surface area contributed by atoms with Crippen molar-refractivity contribution >= 4 is 24.7 Å². The zero-order chi connectivity index (χ0) is 10.8. The maximum Gasteiger partial charge on any atom is 0.692 e. The predicted octanol–water partition coefficient (Wildman–Crippen LogP) is -1.15. The maximum atomic E-state index is 9.10. The van der Waals surface area contributed by atoms with Crippen LogP contribution < -0.4 is 5.50 Å². The van der Waals surface area contributed by atoms with Gasteiger partial charge in [0.1, 0.15) is 0 Å². The highest BCUT2D eigenvalue weighted by Gasteiger charge is 1.96. The highest BCUT2D eigenvalue weighted by Crippen LogP contribution is 2.20. The molecule has 0 spiro atoms. The van der Waals surface area contributed by atoms with Gasteiger partial charge < -0.3 is 14.7 Å². The van der Waals surface area contributed by atoms with Gasteiger partial charge in [0.25, 0.3) is 0 Å². The SMILES string of the molecule is NP(=O)(O)O.O=PO.O=[P+](O)O. The molecule has 0 aromatic carbocycles. The number of rotatable bonds is 0. The van der Waals surface area contributed by atoms with Gasteiger partial charge >= 0.3 is 24.7 Å². The molecule has 0 heterocycles. The fourth-order valence-corrected chi connectivity index (χ4v) is 0. The fourth-order valence-electron chi connectivity index (χ4n) is 0. The lowest BCUT2D eigenvalue weighted by atomic mass is 13.9. The molecule has 7 N–H and O–H groups in total. The third-order valence-corrected chi connectivity index (χ3v) is 0. The van der Waals surface area contributed by atoms with E-state index in [1.54, 1.807) is 0 Å². The third-order valence-electron chi connectivity index (χ3n) is 0. The molecular weight excluding hydrogens is 235 g/mol. The van der Waals surface area contributed by atoms with E-state index in [0.29, 0.717) is 0 Å². The molecule has 12 heteroatoms. The summed E-state index contributed by atoms with van der Waals surface area (Å²) in [5.74, 6) is 0. The molecular formula is H7NO8P3+. The predicted molar refractivity (Wildman–Crippen MR) is 38.1 cm³/mol. The molecule has 0 saturated heterocycles. The van der Waals surface area contributed by atoms with Crippen LogP contribution in [-0.4, -0.2) is 24.5 Å². The first-order valence-electron chi connectivity index (χ1n) is 1.81. The molecule has 0 fully saturated rings. The van der Waals surface area contributed by atoms with Crippen LogP contribution in [-0.2, 0) is 13.7 Å². The number of hydrogen-bond acceptors (Lipinski definition) is 3. The van der Waals surface area contributed by atoms with Crippen LogP contribution in [0, 0.1) is 0 Å². The van der Waals surface area contributed by atoms with E-state index in [4.69, 9.17) is 38.2 Å². The topological polar surface area (TPSA) is 178 Å². The zero-order valence-corrected chi connectivity index (χ0v) is 8.06. The molecule has 0 saturated carbocycles. The maximum absolute atomic E-state index is 9.10. The Bertz CT molecular complexity index is 145. The Morgan fingerprint density at radius 1 is 1.33 bits per heavy atom. The Hall–Kier alpha value is 0.190. The Morgan fingerprint density at radius 3 is 1.33 bits per heavy atom. The molecule has 0 bridgehead atoms. The van der Waals surface area contributed by atoms with Crippen molar-refractivity contribution < 1.29 is 38.2 Å². The quantitative estimate of drug-likeness (QED) is 0.286. The van der Waals surface area contributed by atoms with Crippen molar-refractivity contribution in [3.63, 3.8) is 0 Å². The van der Waals surface area contributed by atoms with Crippen LogP contribution in [0.5, 0.6) is 0 Å². The van der Waals surface area contributed by atoms with Gasteiger partial charge in [-0.05, 0) is 0 Å². The van der Waals surface area contributed by atoms with Crippen molar-refractivity contribution in [3.8, 4) is 0 Å². The first-order valence-corrected chi connectivity index (χ1v) is 5.42. The van der Waals surface area contributed by atoms with Crippen LogP contribution in [0.4, 0.5) is 0 Å². The van der Waals surface area contributed by atoms with Crippen LogP contribution >= 0.6 is 24.7 Å². The summed E-state index contributed by atoms with van der Waals surface area (Å²) in [4.78, 5) is 36.0. The lowest BCUT2D eigenvalue weighted by molar-refractivity contribution is 0.374. The number of hydrogen-bond donors (Lipinski definition) is 6. The van der Waals surface area contributed by atoms with Crippen molar-refractivity contribution in [3.05, 3.63) is 0 Å². The minimum Gasteiger partial charge on any atom is -0.313 e. The van der Waals surface area contributed by atoms with Crippen LogP contribution in [0.3, 0.4) is 0 Å². The van der Waals surface area contributed by atoms with E-state index in [9.17, 15) is 0 Å². The minimum absolute atomic E-state index is 0.833. The van der Waals surface area contributed by atoms with Gasteiger partial charge in [-0.1, -0.05) is 0 Å². The molecule has 9 nitrogen and oxygen atoms in total. The Labute approximate surface area is 69.3 Å². The van der Waals surface area contributed by atoms with Gasteiger partial charge in [0, 0.05) is 4.57 Å². The third kappa shape index (κ3) is 23800. The largest absolute Gasteiger partial charge is 0.692 e. The Balaban J connectivity index is -0.000000105. The second-order valence-electron chi connectivity index (χ2n) is 0.923. The molecule has 0 aliphatic rings. The molecule has 0 amide bonds. The van der Waals surface area contributed by atoms with Gasteiger partial charge in [0.2, 0.25) is 0 Å². The summed E-state index contributed by atoms with van der Waals surface area (Å²) in [6, 6.07) is 0. The number of nitrogens with two attached hydrogens (primary N) is 1. The van der Waals surface area contributed by atoms with Gasteiger partial charge in [0.15, 0.2) is 0 Å². The van der Waals surface area contributed by atoms with Crippen molar-refractivity contribution in [2.24, 2.45) is 5.50 Å². The average molecular weight is 242 g/mol. The van der Waals surface area contributed by atoms with E-state index in [0.717, 1.165) is 0 Å². The van der Waals surface area contributed by atoms with E-state index in [1.165, 1.54) is 0 Å². The lowest BCUT2D eigenvalue weighted by Gasteiger charge is -1.84. The van der Waals surface area contributed by atoms with Crippen molar-refractivity contribution in [1.82, 2.24) is 0 Å². The van der Waals surface area contributed by atoms with Crippen LogP contribution in [0.25, 0.3) is 0 Å². The minimum atomic E-state index is -4.14. The molecule has 74 valence electrons. The molecule has 0 aliphatic heterocycles. The standard InChI is InChI=1S/H4NO3P.HO3P.HO2P/c1-5(2,3)4;1-4(2)3;1-3-2/h(H4,1,2,3,4);(H-,1,2,3);(H,1,2)/p+1. The first kappa shape index (κ1) is 18.1. The van der Waals surface area contributed by atoms with Crippen molar-refractivity contribution in [2.45, 2.75) is 0 Å². The van der Waals surface area contributed by atoms with Gasteiger partial charge in [-0.3, -0.25) is 0 Å². The molecule has 0 aliphatic carbocycles. The highest BCUT2D eigenvalue weighted by atomic mass is 31.2. The first-order chi connectivity index (χ1) is 5.15. The van der Waals surface area contributed by atoms with E-state index >= 15 is 0 Å². The van der Waals surface area contributed by atoms with E-state index in [1.807, 2.05) is 0 Å². The monoisotopic (exact) mass is 242 g/mol. The normalized spacial score (nSPS) is 8.83. The molecule has 0 atom stereocenters. The molecule has 12 heavy (non-hydrogen) atoms. The smallest absolute Gasteiger partial charge is 0.313 e. The van der Waals surface area contributed by atoms with E-state index in [2.05, 4.69) is 5.50 Å². The summed E-state index contributed by atoms with van der Waals surface area (Å²) in [7, 11) is -7.84.